The predicted molar refractivity (Wildman–Crippen MR) is 62.8 cm³/mol. The van der Waals surface area contributed by atoms with Crippen LogP contribution in [0.3, 0.4) is 0 Å². The van der Waals surface area contributed by atoms with E-state index in [0.29, 0.717) is 24.0 Å². The smallest absolute Gasteiger partial charge is 0.309 e. The lowest BCUT2D eigenvalue weighted by Gasteiger charge is -2.06. The summed E-state index contributed by atoms with van der Waals surface area (Å²) >= 11 is 5.72. The second kappa shape index (κ2) is 7.12. The van der Waals surface area contributed by atoms with Crippen LogP contribution in [0.15, 0.2) is 24.3 Å². The summed E-state index contributed by atoms with van der Waals surface area (Å²) in [6.07, 6.45) is 1.10. The number of halogens is 1. The molecule has 0 amide bonds. The predicted octanol–water partition coefficient (Wildman–Crippen LogP) is 3.06. The van der Waals surface area contributed by atoms with Crippen molar-refractivity contribution in [2.45, 2.75) is 19.8 Å². The zero-order valence-electron chi connectivity index (χ0n) is 9.24. The first kappa shape index (κ1) is 12.8. The molecule has 88 valence electrons. The van der Waals surface area contributed by atoms with E-state index in [2.05, 4.69) is 0 Å². The topological polar surface area (TPSA) is 35.5 Å². The Bertz CT molecular complexity index is 322. The van der Waals surface area contributed by atoms with Gasteiger partial charge in [0.15, 0.2) is 0 Å². The Morgan fingerprint density at radius 3 is 2.56 bits per heavy atom. The SMILES string of the molecule is CCCOC(=O)CCOc1ccc(Cl)cc1. The molecule has 0 saturated carbocycles. The van der Waals surface area contributed by atoms with Crippen molar-refractivity contribution in [3.05, 3.63) is 29.3 Å². The minimum Gasteiger partial charge on any atom is -0.493 e. The number of hydrogen-bond donors (Lipinski definition) is 0. The number of hydrogen-bond acceptors (Lipinski definition) is 3. The van der Waals surface area contributed by atoms with Crippen molar-refractivity contribution < 1.29 is 14.3 Å². The van der Waals surface area contributed by atoms with Gasteiger partial charge in [-0.3, -0.25) is 4.79 Å². The quantitative estimate of drug-likeness (QED) is 0.720. The maximum absolute atomic E-state index is 11.1. The fourth-order valence-corrected chi connectivity index (χ4v) is 1.20. The van der Waals surface area contributed by atoms with E-state index in [0.717, 1.165) is 6.42 Å². The normalized spacial score (nSPS) is 9.88. The summed E-state index contributed by atoms with van der Waals surface area (Å²) in [6.45, 7) is 2.75. The van der Waals surface area contributed by atoms with E-state index in [-0.39, 0.29) is 12.4 Å². The van der Waals surface area contributed by atoms with Gasteiger partial charge in [-0.2, -0.15) is 0 Å². The molecule has 4 heteroatoms. The van der Waals surface area contributed by atoms with E-state index in [1.807, 2.05) is 6.92 Å². The minimum absolute atomic E-state index is 0.226. The van der Waals surface area contributed by atoms with Gasteiger partial charge in [0.1, 0.15) is 5.75 Å². The molecular weight excluding hydrogens is 228 g/mol. The minimum atomic E-state index is -0.226. The third-order valence-electron chi connectivity index (χ3n) is 1.86. The van der Waals surface area contributed by atoms with Crippen LogP contribution in [0, 0.1) is 0 Å². The van der Waals surface area contributed by atoms with Gasteiger partial charge in [-0.05, 0) is 30.7 Å². The number of ether oxygens (including phenoxy) is 2. The van der Waals surface area contributed by atoms with Crippen LogP contribution >= 0.6 is 11.6 Å². The van der Waals surface area contributed by atoms with Gasteiger partial charge in [0.2, 0.25) is 0 Å². The van der Waals surface area contributed by atoms with Crippen LogP contribution in [0.1, 0.15) is 19.8 Å². The first-order chi connectivity index (χ1) is 7.72. The van der Waals surface area contributed by atoms with Gasteiger partial charge in [-0.25, -0.2) is 0 Å². The average molecular weight is 243 g/mol. The van der Waals surface area contributed by atoms with Crippen molar-refractivity contribution in [3.63, 3.8) is 0 Å². The molecule has 0 aromatic heterocycles. The maximum atomic E-state index is 11.1. The van der Waals surface area contributed by atoms with E-state index < -0.39 is 0 Å². The van der Waals surface area contributed by atoms with Gasteiger partial charge in [0.25, 0.3) is 0 Å². The third-order valence-corrected chi connectivity index (χ3v) is 2.11. The molecule has 0 spiro atoms. The summed E-state index contributed by atoms with van der Waals surface area (Å²) in [6, 6.07) is 7.01. The van der Waals surface area contributed by atoms with Crippen LogP contribution in [0.4, 0.5) is 0 Å². The van der Waals surface area contributed by atoms with E-state index in [1.54, 1.807) is 24.3 Å². The lowest BCUT2D eigenvalue weighted by atomic mass is 10.3. The van der Waals surface area contributed by atoms with Crippen molar-refractivity contribution in [3.8, 4) is 5.75 Å². The van der Waals surface area contributed by atoms with Crippen molar-refractivity contribution >= 4 is 17.6 Å². The molecule has 1 aromatic carbocycles. The fourth-order valence-electron chi connectivity index (χ4n) is 1.07. The Labute approximate surface area is 100 Å². The van der Waals surface area contributed by atoms with Gasteiger partial charge >= 0.3 is 5.97 Å². The molecule has 0 atom stereocenters. The Morgan fingerprint density at radius 1 is 1.25 bits per heavy atom. The van der Waals surface area contributed by atoms with Crippen molar-refractivity contribution in [1.29, 1.82) is 0 Å². The molecule has 0 aliphatic rings. The van der Waals surface area contributed by atoms with Gasteiger partial charge in [0.05, 0.1) is 19.6 Å². The highest BCUT2D eigenvalue weighted by atomic mass is 35.5. The first-order valence-electron chi connectivity index (χ1n) is 5.26. The van der Waals surface area contributed by atoms with Crippen LogP contribution in [0.5, 0.6) is 5.75 Å². The number of esters is 1. The molecule has 0 heterocycles. The summed E-state index contributed by atoms with van der Waals surface area (Å²) in [5, 5.41) is 0.662. The van der Waals surface area contributed by atoms with Gasteiger partial charge in [-0.1, -0.05) is 18.5 Å². The van der Waals surface area contributed by atoms with Gasteiger partial charge in [0, 0.05) is 5.02 Å². The third kappa shape index (κ3) is 5.03. The molecule has 1 aromatic rings. The zero-order chi connectivity index (χ0) is 11.8. The number of benzene rings is 1. The molecule has 3 nitrogen and oxygen atoms in total. The lowest BCUT2D eigenvalue weighted by molar-refractivity contribution is -0.144. The van der Waals surface area contributed by atoms with E-state index in [1.165, 1.54) is 0 Å². The van der Waals surface area contributed by atoms with Crippen LogP contribution in [0.2, 0.25) is 5.02 Å². The Balaban J connectivity index is 2.20. The van der Waals surface area contributed by atoms with Crippen LogP contribution < -0.4 is 4.74 Å². The fraction of sp³-hybridized carbons (Fsp3) is 0.417. The maximum Gasteiger partial charge on any atom is 0.309 e. The molecule has 0 saturated heterocycles. The summed E-state index contributed by atoms with van der Waals surface area (Å²) < 4.78 is 10.3. The number of rotatable bonds is 6. The molecule has 1 rings (SSSR count). The van der Waals surface area contributed by atoms with Gasteiger partial charge < -0.3 is 9.47 Å². The second-order valence-corrected chi connectivity index (χ2v) is 3.71. The molecule has 0 unspecified atom stereocenters. The van der Waals surface area contributed by atoms with Crippen molar-refractivity contribution in [2.75, 3.05) is 13.2 Å². The highest BCUT2D eigenvalue weighted by molar-refractivity contribution is 6.30. The van der Waals surface area contributed by atoms with Gasteiger partial charge in [-0.15, -0.1) is 0 Å². The van der Waals surface area contributed by atoms with Crippen LogP contribution in [0.25, 0.3) is 0 Å². The largest absolute Gasteiger partial charge is 0.493 e. The summed E-state index contributed by atoms with van der Waals surface area (Å²) in [5.41, 5.74) is 0. The second-order valence-electron chi connectivity index (χ2n) is 3.27. The van der Waals surface area contributed by atoms with Crippen LogP contribution in [-0.4, -0.2) is 19.2 Å². The highest BCUT2D eigenvalue weighted by Gasteiger charge is 2.02. The Morgan fingerprint density at radius 2 is 1.94 bits per heavy atom. The van der Waals surface area contributed by atoms with Crippen molar-refractivity contribution in [2.24, 2.45) is 0 Å². The summed E-state index contributed by atoms with van der Waals surface area (Å²) in [4.78, 5) is 11.1. The molecule has 0 aliphatic carbocycles. The molecule has 0 radical (unpaired) electrons. The molecule has 0 bridgehead atoms. The zero-order valence-corrected chi connectivity index (χ0v) is 10.00. The summed E-state index contributed by atoms with van der Waals surface area (Å²) in [5.74, 6) is 0.475. The van der Waals surface area contributed by atoms with Crippen LogP contribution in [-0.2, 0) is 9.53 Å². The first-order valence-corrected chi connectivity index (χ1v) is 5.64. The molecule has 0 N–H and O–H groups in total. The van der Waals surface area contributed by atoms with E-state index in [9.17, 15) is 4.79 Å². The monoisotopic (exact) mass is 242 g/mol. The van der Waals surface area contributed by atoms with Crippen molar-refractivity contribution in [1.82, 2.24) is 0 Å². The highest BCUT2D eigenvalue weighted by Crippen LogP contribution is 2.15. The number of carbonyl (C=O) groups excluding carboxylic acids is 1. The lowest BCUT2D eigenvalue weighted by Crippen LogP contribution is -2.10. The Hall–Kier alpha value is -1.22. The molecular formula is C12H15ClO3. The molecule has 0 aliphatic heterocycles. The number of carbonyl (C=O) groups is 1. The molecule has 0 fully saturated rings. The summed E-state index contributed by atoms with van der Waals surface area (Å²) in [7, 11) is 0. The molecule has 16 heavy (non-hydrogen) atoms. The Kier molecular flexibility index (Phi) is 5.72. The van der Waals surface area contributed by atoms with E-state index in [4.69, 9.17) is 21.1 Å². The van der Waals surface area contributed by atoms with E-state index >= 15 is 0 Å². The standard InChI is InChI=1S/C12H15ClO3/c1-2-8-16-12(14)7-9-15-11-5-3-10(13)4-6-11/h3-6H,2,7-9H2,1H3. The average Bonchev–Trinajstić information content (AvgIpc) is 2.29.